The van der Waals surface area contributed by atoms with Crippen LogP contribution >= 0.6 is 0 Å². The maximum atomic E-state index is 12.5. The van der Waals surface area contributed by atoms with Crippen molar-refractivity contribution >= 4 is 22.7 Å². The minimum absolute atomic E-state index is 0.0505. The van der Waals surface area contributed by atoms with Gasteiger partial charge in [-0.05, 0) is 24.8 Å². The molecule has 1 aliphatic rings. The Morgan fingerprint density at radius 2 is 2.20 bits per heavy atom. The minimum Gasteiger partial charge on any atom is -0.350 e. The number of H-pyrrole nitrogens is 1. The summed E-state index contributed by atoms with van der Waals surface area (Å²) in [7, 11) is 0. The number of rotatable bonds is 5. The summed E-state index contributed by atoms with van der Waals surface area (Å²) >= 11 is 0. The molecule has 2 heterocycles. The predicted octanol–water partition coefficient (Wildman–Crippen LogP) is 1.27. The summed E-state index contributed by atoms with van der Waals surface area (Å²) in [6.45, 7) is 3.72. The van der Waals surface area contributed by atoms with Gasteiger partial charge in [-0.2, -0.15) is 5.10 Å². The average Bonchev–Trinajstić information content (AvgIpc) is 3.05. The van der Waals surface area contributed by atoms with E-state index < -0.39 is 0 Å². The van der Waals surface area contributed by atoms with E-state index in [0.717, 1.165) is 30.3 Å². The van der Waals surface area contributed by atoms with Gasteiger partial charge in [0.15, 0.2) is 5.69 Å². The molecule has 2 amide bonds. The number of fused-ring (bicyclic) bond motifs is 1. The fourth-order valence-electron chi connectivity index (χ4n) is 3.45. The van der Waals surface area contributed by atoms with Gasteiger partial charge in [-0.1, -0.05) is 25.1 Å². The number of aromatic amines is 1. The Kier molecular flexibility index (Phi) is 5.33. The predicted molar refractivity (Wildman–Crippen MR) is 96.0 cm³/mol. The third kappa shape index (κ3) is 3.82. The molecule has 1 aromatic carbocycles. The van der Waals surface area contributed by atoms with Gasteiger partial charge in [0.25, 0.3) is 5.91 Å². The highest BCUT2D eigenvalue weighted by Gasteiger charge is 2.28. The molecule has 1 aromatic heterocycles. The number of benzene rings is 1. The normalized spacial score (nSPS) is 20.6. The number of likely N-dealkylation sites (tertiary alicyclic amines) is 1. The van der Waals surface area contributed by atoms with Crippen LogP contribution in [0.1, 0.15) is 36.7 Å². The van der Waals surface area contributed by atoms with E-state index >= 15 is 0 Å². The Morgan fingerprint density at radius 1 is 1.40 bits per heavy atom. The smallest absolute Gasteiger partial charge is 0.272 e. The van der Waals surface area contributed by atoms with Crippen molar-refractivity contribution in [3.63, 3.8) is 0 Å². The highest BCUT2D eigenvalue weighted by molar-refractivity contribution is 6.04. The molecule has 0 bridgehead atoms. The number of piperidine rings is 1. The van der Waals surface area contributed by atoms with E-state index in [-0.39, 0.29) is 24.3 Å². The fourth-order valence-corrected chi connectivity index (χ4v) is 3.45. The Bertz CT molecular complexity index is 757. The molecule has 0 spiro atoms. The molecule has 2 unspecified atom stereocenters. The molecule has 4 N–H and O–H groups in total. The molecule has 7 nitrogen and oxygen atoms in total. The number of amides is 2. The number of aromatic nitrogens is 2. The summed E-state index contributed by atoms with van der Waals surface area (Å²) in [5.74, 6) is 0.382. The standard InChI is InChI=1S/C18H25N5O2/c1-12-7-9-23(13(10-12)11-19)16(24)6-8-20-18(25)17-14-4-2-3-5-15(14)21-22-17/h2-5,12-13H,6-11,19H2,1H3,(H,20,25)(H,21,22). The van der Waals surface area contributed by atoms with Crippen LogP contribution in [-0.2, 0) is 4.79 Å². The molecule has 2 aromatic rings. The van der Waals surface area contributed by atoms with E-state index in [1.54, 1.807) is 0 Å². The van der Waals surface area contributed by atoms with E-state index in [4.69, 9.17) is 5.73 Å². The van der Waals surface area contributed by atoms with Gasteiger partial charge in [-0.15, -0.1) is 0 Å². The topological polar surface area (TPSA) is 104 Å². The molecular formula is C18H25N5O2. The van der Waals surface area contributed by atoms with Crippen molar-refractivity contribution in [2.24, 2.45) is 11.7 Å². The summed E-state index contributed by atoms with van der Waals surface area (Å²) in [6, 6.07) is 7.57. The zero-order valence-corrected chi connectivity index (χ0v) is 14.5. The quantitative estimate of drug-likeness (QED) is 0.760. The lowest BCUT2D eigenvalue weighted by atomic mass is 9.92. The third-order valence-electron chi connectivity index (χ3n) is 4.88. The van der Waals surface area contributed by atoms with Crippen molar-refractivity contribution in [2.75, 3.05) is 19.6 Å². The fraction of sp³-hybridized carbons (Fsp3) is 0.500. The first kappa shape index (κ1) is 17.4. The van der Waals surface area contributed by atoms with Crippen molar-refractivity contribution in [3.05, 3.63) is 30.0 Å². The van der Waals surface area contributed by atoms with Crippen molar-refractivity contribution in [3.8, 4) is 0 Å². The summed E-state index contributed by atoms with van der Waals surface area (Å²) in [5, 5.41) is 10.5. The summed E-state index contributed by atoms with van der Waals surface area (Å²) in [6.07, 6.45) is 2.24. The molecule has 7 heteroatoms. The molecule has 0 saturated carbocycles. The molecule has 1 saturated heterocycles. The van der Waals surface area contributed by atoms with E-state index in [1.165, 1.54) is 0 Å². The second kappa shape index (κ2) is 7.65. The molecule has 1 aliphatic heterocycles. The monoisotopic (exact) mass is 343 g/mol. The number of nitrogens with two attached hydrogens (primary N) is 1. The van der Waals surface area contributed by atoms with Gasteiger partial charge in [0.2, 0.25) is 5.91 Å². The van der Waals surface area contributed by atoms with E-state index in [9.17, 15) is 9.59 Å². The average molecular weight is 343 g/mol. The van der Waals surface area contributed by atoms with Crippen molar-refractivity contribution < 1.29 is 9.59 Å². The van der Waals surface area contributed by atoms with Crippen molar-refractivity contribution in [1.29, 1.82) is 0 Å². The lowest BCUT2D eigenvalue weighted by molar-refractivity contribution is -0.135. The van der Waals surface area contributed by atoms with Crippen molar-refractivity contribution in [1.82, 2.24) is 20.4 Å². The highest BCUT2D eigenvalue weighted by atomic mass is 16.2. The third-order valence-corrected chi connectivity index (χ3v) is 4.88. The number of carbonyl (C=O) groups is 2. The van der Waals surface area contributed by atoms with Crippen LogP contribution in [-0.4, -0.2) is 52.6 Å². The molecule has 25 heavy (non-hydrogen) atoms. The van der Waals surface area contributed by atoms with Crippen LogP contribution in [0.25, 0.3) is 10.9 Å². The number of para-hydroxylation sites is 1. The maximum absolute atomic E-state index is 12.5. The Labute approximate surface area is 146 Å². The molecular weight excluding hydrogens is 318 g/mol. The first-order valence-corrected chi connectivity index (χ1v) is 8.81. The van der Waals surface area contributed by atoms with E-state index in [0.29, 0.717) is 24.7 Å². The van der Waals surface area contributed by atoms with Gasteiger partial charge < -0.3 is 16.0 Å². The minimum atomic E-state index is -0.270. The number of hydrogen-bond donors (Lipinski definition) is 3. The number of carbonyl (C=O) groups excluding carboxylic acids is 2. The molecule has 2 atom stereocenters. The van der Waals surface area contributed by atoms with Gasteiger partial charge in [-0.25, -0.2) is 0 Å². The number of nitrogens with zero attached hydrogens (tertiary/aromatic N) is 2. The van der Waals surface area contributed by atoms with Crippen LogP contribution in [0, 0.1) is 5.92 Å². The SMILES string of the molecule is CC1CCN(C(=O)CCNC(=O)c2n[nH]c3ccccc23)C(CN)C1. The van der Waals surface area contributed by atoms with Crippen LogP contribution in [0.5, 0.6) is 0 Å². The van der Waals surface area contributed by atoms with E-state index in [2.05, 4.69) is 22.4 Å². The number of nitrogens with one attached hydrogen (secondary N) is 2. The summed E-state index contributed by atoms with van der Waals surface area (Å²) in [5.41, 5.74) is 6.98. The molecule has 134 valence electrons. The number of hydrogen-bond acceptors (Lipinski definition) is 4. The summed E-state index contributed by atoms with van der Waals surface area (Å²) < 4.78 is 0. The van der Waals surface area contributed by atoms with Gasteiger partial charge in [0.1, 0.15) is 0 Å². The zero-order valence-electron chi connectivity index (χ0n) is 14.5. The van der Waals surface area contributed by atoms with Crippen LogP contribution < -0.4 is 11.1 Å². The largest absolute Gasteiger partial charge is 0.350 e. The molecule has 3 rings (SSSR count). The lowest BCUT2D eigenvalue weighted by Gasteiger charge is -2.38. The zero-order chi connectivity index (χ0) is 17.8. The van der Waals surface area contributed by atoms with Gasteiger partial charge in [0, 0.05) is 37.5 Å². The first-order chi connectivity index (χ1) is 12.1. The van der Waals surface area contributed by atoms with Crippen LogP contribution in [0.4, 0.5) is 0 Å². The highest BCUT2D eigenvalue weighted by Crippen LogP contribution is 2.22. The van der Waals surface area contributed by atoms with Gasteiger partial charge in [0.05, 0.1) is 5.52 Å². The first-order valence-electron chi connectivity index (χ1n) is 8.81. The summed E-state index contributed by atoms with van der Waals surface area (Å²) in [4.78, 5) is 26.6. The van der Waals surface area contributed by atoms with Gasteiger partial charge >= 0.3 is 0 Å². The lowest BCUT2D eigenvalue weighted by Crippen LogP contribution is -2.49. The van der Waals surface area contributed by atoms with Crippen LogP contribution in [0.3, 0.4) is 0 Å². The molecule has 0 radical (unpaired) electrons. The van der Waals surface area contributed by atoms with E-state index in [1.807, 2.05) is 29.2 Å². The Morgan fingerprint density at radius 3 is 3.00 bits per heavy atom. The second-order valence-corrected chi connectivity index (χ2v) is 6.73. The van der Waals surface area contributed by atoms with Crippen LogP contribution in [0.15, 0.2) is 24.3 Å². The molecule has 0 aliphatic carbocycles. The van der Waals surface area contributed by atoms with Gasteiger partial charge in [-0.3, -0.25) is 14.7 Å². The molecule has 1 fully saturated rings. The Hall–Kier alpha value is -2.41. The maximum Gasteiger partial charge on any atom is 0.272 e. The van der Waals surface area contributed by atoms with Crippen molar-refractivity contribution in [2.45, 2.75) is 32.2 Å². The second-order valence-electron chi connectivity index (χ2n) is 6.73. The Balaban J connectivity index is 1.53. The van der Waals surface area contributed by atoms with Crippen LogP contribution in [0.2, 0.25) is 0 Å².